The Morgan fingerprint density at radius 3 is 2.44 bits per heavy atom. The first-order chi connectivity index (χ1) is 15.2. The number of nitrogens with two attached hydrogens (primary N) is 2. The summed E-state index contributed by atoms with van der Waals surface area (Å²) < 4.78 is 45.2. The number of carbonyl (C=O) groups is 1. The Bertz CT molecular complexity index is 1390. The summed E-state index contributed by atoms with van der Waals surface area (Å²) >= 11 is 0. The van der Waals surface area contributed by atoms with E-state index in [9.17, 15) is 17.8 Å². The number of ether oxygens (including phenoxy) is 2. The molecule has 1 spiro atoms. The van der Waals surface area contributed by atoms with Gasteiger partial charge < -0.3 is 26.3 Å². The molecule has 3 aromatic carbocycles. The van der Waals surface area contributed by atoms with Crippen molar-refractivity contribution in [3.05, 3.63) is 76.9 Å². The minimum Gasteiger partial charge on any atom is -0.456 e. The van der Waals surface area contributed by atoms with E-state index in [1.54, 1.807) is 36.4 Å². The van der Waals surface area contributed by atoms with E-state index in [2.05, 4.69) is 5.32 Å². The zero-order valence-corrected chi connectivity index (χ0v) is 17.5. The van der Waals surface area contributed by atoms with Gasteiger partial charge in [0.1, 0.15) is 11.5 Å². The Morgan fingerprint density at radius 1 is 1.03 bits per heavy atom. The fraction of sp³-hybridized carbons (Fsp3) is 0.136. The van der Waals surface area contributed by atoms with Gasteiger partial charge in [-0.1, -0.05) is 6.07 Å². The van der Waals surface area contributed by atoms with Crippen molar-refractivity contribution in [3.8, 4) is 11.5 Å². The van der Waals surface area contributed by atoms with Gasteiger partial charge >= 0.3 is 0 Å². The van der Waals surface area contributed by atoms with E-state index in [-0.39, 0.29) is 24.0 Å². The standard InChI is InChI=1S/C22H19N3O6S/c23-10-21(26)25-14-2-5-18-20(9-14)31-19-8-13(24)1-4-17(19)22(18)16-6-3-15(32(27,28)29)7-12(16)11-30-22/h1-9H,10-11,23-24H2,(H,25,26)(H,27,28,29). The third kappa shape index (κ3) is 3.04. The number of hydrogen-bond donors (Lipinski definition) is 4. The van der Waals surface area contributed by atoms with Crippen molar-refractivity contribution in [1.82, 2.24) is 0 Å². The highest BCUT2D eigenvalue weighted by Crippen LogP contribution is 2.56. The van der Waals surface area contributed by atoms with Gasteiger partial charge in [-0.05, 0) is 47.5 Å². The fourth-order valence-corrected chi connectivity index (χ4v) is 4.80. The van der Waals surface area contributed by atoms with Crippen molar-refractivity contribution < 1.29 is 27.2 Å². The molecule has 6 N–H and O–H groups in total. The first-order valence-corrected chi connectivity index (χ1v) is 11.1. The molecule has 2 aliphatic rings. The highest BCUT2D eigenvalue weighted by Gasteiger charge is 2.49. The number of carbonyl (C=O) groups excluding carboxylic acids is 1. The maximum Gasteiger partial charge on any atom is 0.294 e. The van der Waals surface area contributed by atoms with E-state index in [1.807, 2.05) is 6.07 Å². The van der Waals surface area contributed by atoms with E-state index >= 15 is 0 Å². The van der Waals surface area contributed by atoms with Crippen molar-refractivity contribution in [2.75, 3.05) is 17.6 Å². The van der Waals surface area contributed by atoms with Gasteiger partial charge in [0.05, 0.1) is 18.0 Å². The highest BCUT2D eigenvalue weighted by atomic mass is 32.2. The average Bonchev–Trinajstić information content (AvgIpc) is 3.12. The first kappa shape index (κ1) is 20.5. The van der Waals surface area contributed by atoms with Gasteiger partial charge in [0.2, 0.25) is 5.91 Å². The Hall–Kier alpha value is -3.44. The topological polar surface area (TPSA) is 154 Å². The second-order valence-electron chi connectivity index (χ2n) is 7.58. The van der Waals surface area contributed by atoms with Crippen LogP contribution in [-0.4, -0.2) is 25.4 Å². The lowest BCUT2D eigenvalue weighted by Crippen LogP contribution is -2.32. The largest absolute Gasteiger partial charge is 0.456 e. The number of nitrogen functional groups attached to an aromatic ring is 1. The van der Waals surface area contributed by atoms with Gasteiger partial charge in [-0.2, -0.15) is 8.42 Å². The summed E-state index contributed by atoms with van der Waals surface area (Å²) in [6.07, 6.45) is 0. The second kappa shape index (κ2) is 7.04. The molecule has 0 aliphatic carbocycles. The van der Waals surface area contributed by atoms with Crippen molar-refractivity contribution in [1.29, 1.82) is 0 Å². The number of benzene rings is 3. The molecule has 5 rings (SSSR count). The van der Waals surface area contributed by atoms with Crippen LogP contribution in [0.25, 0.3) is 0 Å². The molecule has 1 amide bonds. The predicted octanol–water partition coefficient (Wildman–Crippen LogP) is 2.34. The maximum absolute atomic E-state index is 11.7. The van der Waals surface area contributed by atoms with Gasteiger partial charge in [-0.3, -0.25) is 9.35 Å². The van der Waals surface area contributed by atoms with Crippen LogP contribution in [0.4, 0.5) is 11.4 Å². The molecule has 32 heavy (non-hydrogen) atoms. The Kier molecular flexibility index (Phi) is 4.50. The predicted molar refractivity (Wildman–Crippen MR) is 116 cm³/mol. The first-order valence-electron chi connectivity index (χ1n) is 9.69. The van der Waals surface area contributed by atoms with Crippen molar-refractivity contribution in [3.63, 3.8) is 0 Å². The molecule has 0 bridgehead atoms. The lowest BCUT2D eigenvalue weighted by molar-refractivity contribution is -0.114. The summed E-state index contributed by atoms with van der Waals surface area (Å²) in [6, 6.07) is 14.8. The molecule has 2 heterocycles. The minimum atomic E-state index is -4.36. The van der Waals surface area contributed by atoms with Crippen LogP contribution in [0.2, 0.25) is 0 Å². The molecule has 3 aromatic rings. The molecule has 1 unspecified atom stereocenters. The quantitative estimate of drug-likeness (QED) is 0.348. The molecule has 0 saturated carbocycles. The smallest absolute Gasteiger partial charge is 0.294 e. The third-order valence-corrected chi connectivity index (χ3v) is 6.48. The molecular formula is C22H19N3O6S. The van der Waals surface area contributed by atoms with Crippen LogP contribution >= 0.6 is 0 Å². The summed E-state index contributed by atoms with van der Waals surface area (Å²) in [5.74, 6) is 0.580. The van der Waals surface area contributed by atoms with Crippen LogP contribution in [0, 0.1) is 0 Å². The summed E-state index contributed by atoms with van der Waals surface area (Å²) in [5.41, 5.74) is 14.0. The van der Waals surface area contributed by atoms with Gasteiger partial charge in [-0.15, -0.1) is 0 Å². The maximum atomic E-state index is 11.7. The number of hydrogen-bond acceptors (Lipinski definition) is 7. The summed E-state index contributed by atoms with van der Waals surface area (Å²) in [6.45, 7) is -0.0402. The second-order valence-corrected chi connectivity index (χ2v) is 9.01. The monoisotopic (exact) mass is 453 g/mol. The van der Waals surface area contributed by atoms with Crippen LogP contribution in [0.15, 0.2) is 59.5 Å². The fourth-order valence-electron chi connectivity index (χ4n) is 4.27. The van der Waals surface area contributed by atoms with Crippen molar-refractivity contribution >= 4 is 27.4 Å². The molecule has 0 aromatic heterocycles. The van der Waals surface area contributed by atoms with E-state index in [4.69, 9.17) is 20.9 Å². The lowest BCUT2D eigenvalue weighted by Gasteiger charge is -2.37. The van der Waals surface area contributed by atoms with E-state index < -0.39 is 15.7 Å². The Balaban J connectivity index is 1.73. The van der Waals surface area contributed by atoms with Crippen molar-refractivity contribution in [2.45, 2.75) is 17.1 Å². The molecule has 0 fully saturated rings. The molecule has 164 valence electrons. The molecule has 0 saturated heterocycles. The van der Waals surface area contributed by atoms with E-state index in [1.165, 1.54) is 12.1 Å². The molecular weight excluding hydrogens is 434 g/mol. The average molecular weight is 453 g/mol. The van der Waals surface area contributed by atoms with Crippen LogP contribution in [0.1, 0.15) is 22.3 Å². The van der Waals surface area contributed by atoms with Gasteiger partial charge in [0.15, 0.2) is 5.60 Å². The Labute approximate surface area is 183 Å². The van der Waals surface area contributed by atoms with Crippen molar-refractivity contribution in [2.24, 2.45) is 5.73 Å². The van der Waals surface area contributed by atoms with Crippen LogP contribution in [-0.2, 0) is 31.9 Å². The highest BCUT2D eigenvalue weighted by molar-refractivity contribution is 7.85. The zero-order valence-electron chi connectivity index (χ0n) is 16.7. The number of fused-ring (bicyclic) bond motifs is 6. The molecule has 1 atom stereocenters. The molecule has 9 nitrogen and oxygen atoms in total. The summed E-state index contributed by atoms with van der Waals surface area (Å²) in [5, 5.41) is 2.70. The van der Waals surface area contributed by atoms with E-state index in [0.29, 0.717) is 39.6 Å². The van der Waals surface area contributed by atoms with Gasteiger partial charge in [-0.25, -0.2) is 0 Å². The zero-order chi connectivity index (χ0) is 22.7. The van der Waals surface area contributed by atoms with Crippen LogP contribution in [0.3, 0.4) is 0 Å². The number of rotatable bonds is 3. The molecule has 10 heteroatoms. The van der Waals surface area contributed by atoms with Crippen LogP contribution < -0.4 is 21.5 Å². The minimum absolute atomic E-state index is 0.119. The summed E-state index contributed by atoms with van der Waals surface area (Å²) in [7, 11) is -4.36. The summed E-state index contributed by atoms with van der Waals surface area (Å²) in [4.78, 5) is 11.5. The lowest BCUT2D eigenvalue weighted by atomic mass is 9.77. The molecule has 2 aliphatic heterocycles. The van der Waals surface area contributed by atoms with Gasteiger partial charge in [0, 0.05) is 34.6 Å². The van der Waals surface area contributed by atoms with Crippen LogP contribution in [0.5, 0.6) is 11.5 Å². The number of amides is 1. The SMILES string of the molecule is NCC(=O)Nc1ccc2c(c1)Oc1cc(N)ccc1C21OCc2cc(S(=O)(=O)O)ccc21. The van der Waals surface area contributed by atoms with E-state index in [0.717, 1.165) is 5.56 Å². The van der Waals surface area contributed by atoms with Gasteiger partial charge in [0.25, 0.3) is 10.1 Å². The third-order valence-electron chi connectivity index (χ3n) is 5.63. The number of nitrogens with one attached hydrogen (secondary N) is 1. The Morgan fingerprint density at radius 2 is 1.72 bits per heavy atom. The molecule has 0 radical (unpaired) electrons. The normalized spacial score (nSPS) is 18.4. The number of anilines is 2.